The topological polar surface area (TPSA) is 96.3 Å². The van der Waals surface area contributed by atoms with E-state index in [2.05, 4.69) is 28.8 Å². The normalized spacial score (nSPS) is 16.0. The van der Waals surface area contributed by atoms with Gasteiger partial charge in [0.05, 0.1) is 26.6 Å². The van der Waals surface area contributed by atoms with Crippen molar-refractivity contribution in [3.8, 4) is 0 Å². The maximum atomic E-state index is 13.0. The molecule has 176 valence electrons. The molecule has 3 aromatic rings. The minimum Gasteiger partial charge on any atom is -0.339 e. The Hall–Kier alpha value is -3.43. The van der Waals surface area contributed by atoms with E-state index in [9.17, 15) is 14.4 Å². The molecule has 4 rings (SSSR count). The van der Waals surface area contributed by atoms with Crippen LogP contribution in [0.4, 0.5) is 10.9 Å². The largest absolute Gasteiger partial charge is 0.339 e. The summed E-state index contributed by atoms with van der Waals surface area (Å²) in [4.78, 5) is 43.1. The lowest BCUT2D eigenvalue weighted by molar-refractivity contribution is -0.126. The monoisotopic (exact) mass is 497 g/mol. The van der Waals surface area contributed by atoms with Crippen molar-refractivity contribution in [1.29, 1.82) is 0 Å². The van der Waals surface area contributed by atoms with Gasteiger partial charge >= 0.3 is 0 Å². The molecule has 3 heterocycles. The minimum atomic E-state index is -0.347. The van der Waals surface area contributed by atoms with Gasteiger partial charge in [0.2, 0.25) is 17.8 Å². The van der Waals surface area contributed by atoms with Crippen LogP contribution in [0.2, 0.25) is 5.02 Å². The quantitative estimate of drug-likeness (QED) is 0.475. The number of carbonyl (C=O) groups excluding carboxylic acids is 3. The Kier molecular flexibility index (Phi) is 7.14. The molecule has 1 atom stereocenters. The van der Waals surface area contributed by atoms with E-state index in [1.165, 1.54) is 23.5 Å². The van der Waals surface area contributed by atoms with E-state index in [1.807, 2.05) is 16.7 Å². The van der Waals surface area contributed by atoms with E-state index in [0.717, 1.165) is 18.4 Å². The van der Waals surface area contributed by atoms with E-state index < -0.39 is 0 Å². The first-order valence-electron chi connectivity index (χ1n) is 10.8. The summed E-state index contributed by atoms with van der Waals surface area (Å²) in [6, 6.07) is 7.06. The zero-order valence-corrected chi connectivity index (χ0v) is 20.0. The number of nitrogens with zero attached hydrogens (tertiary/aromatic N) is 3. The summed E-state index contributed by atoms with van der Waals surface area (Å²) in [7, 11) is 0. The van der Waals surface area contributed by atoms with Crippen LogP contribution in [-0.4, -0.2) is 45.3 Å². The molecule has 1 fully saturated rings. The van der Waals surface area contributed by atoms with Gasteiger partial charge in [-0.1, -0.05) is 30.8 Å². The summed E-state index contributed by atoms with van der Waals surface area (Å²) in [5.41, 5.74) is 1.82. The lowest BCUT2D eigenvalue weighted by Crippen LogP contribution is -2.30. The van der Waals surface area contributed by atoms with Crippen LogP contribution in [0, 0.1) is 0 Å². The number of nitrogens with one attached hydrogen (secondary N) is 2. The zero-order valence-electron chi connectivity index (χ0n) is 18.4. The zero-order chi connectivity index (χ0) is 24.2. The third-order valence-corrected chi connectivity index (χ3v) is 6.88. The summed E-state index contributed by atoms with van der Waals surface area (Å²) < 4.78 is 1.98. The molecule has 1 aromatic carbocycles. The van der Waals surface area contributed by atoms with E-state index in [4.69, 9.17) is 11.6 Å². The molecule has 3 amide bonds. The first-order chi connectivity index (χ1) is 16.4. The molecule has 0 saturated carbocycles. The number of imidazole rings is 1. The van der Waals surface area contributed by atoms with Crippen LogP contribution in [-0.2, 0) is 9.59 Å². The first-order valence-corrected chi connectivity index (χ1v) is 12.1. The van der Waals surface area contributed by atoms with Crippen LogP contribution in [0.15, 0.2) is 55.0 Å². The number of aromatic nitrogens is 2. The highest BCUT2D eigenvalue weighted by atomic mass is 35.5. The molecular formula is C24H24ClN5O3S. The molecule has 1 unspecified atom stereocenters. The van der Waals surface area contributed by atoms with Crippen LogP contribution in [0.1, 0.15) is 35.7 Å². The number of amides is 3. The molecule has 1 aliphatic heterocycles. The summed E-state index contributed by atoms with van der Waals surface area (Å²) in [6.45, 7) is 8.24. The number of likely N-dealkylation sites (tertiary alicyclic amines) is 1. The molecular weight excluding hydrogens is 474 g/mol. The third kappa shape index (κ3) is 4.90. The fourth-order valence-corrected chi connectivity index (χ4v) is 5.15. The molecule has 10 heteroatoms. The number of halogens is 1. The van der Waals surface area contributed by atoms with Crippen molar-refractivity contribution < 1.29 is 14.4 Å². The van der Waals surface area contributed by atoms with E-state index >= 15 is 0 Å². The summed E-state index contributed by atoms with van der Waals surface area (Å²) in [6.07, 6.45) is 4.80. The van der Waals surface area contributed by atoms with Gasteiger partial charge in [0.1, 0.15) is 0 Å². The second-order valence-corrected chi connectivity index (χ2v) is 9.19. The van der Waals surface area contributed by atoms with Gasteiger partial charge in [0.15, 0.2) is 0 Å². The van der Waals surface area contributed by atoms with Crippen molar-refractivity contribution >= 4 is 62.6 Å². The predicted octanol–water partition coefficient (Wildman–Crippen LogP) is 4.87. The molecule has 8 nitrogen and oxygen atoms in total. The second-order valence-electron chi connectivity index (χ2n) is 7.87. The number of thiophene rings is 1. The number of hydrogen-bond donors (Lipinski definition) is 2. The van der Waals surface area contributed by atoms with Gasteiger partial charge in [-0.2, -0.15) is 0 Å². The van der Waals surface area contributed by atoms with Crippen LogP contribution < -0.4 is 10.6 Å². The van der Waals surface area contributed by atoms with Gasteiger partial charge in [-0.3, -0.25) is 19.7 Å². The Morgan fingerprint density at radius 1 is 1.15 bits per heavy atom. The standard InChI is InChI=1S/C24H24ClN5O3S/c1-3-19(31)27-20-13-15(14-34-20)23(33)28-24-26-18-9-5-8-17(25)22(18)30(24)16-7-6-11-29(12-10-16)21(32)4-2/h3-5,8-9,13-14,16H,1-2,6-7,10-12H2,(H,27,31)(H,26,28,33). The molecule has 34 heavy (non-hydrogen) atoms. The highest BCUT2D eigenvalue weighted by molar-refractivity contribution is 7.14. The average Bonchev–Trinajstić information content (AvgIpc) is 3.36. The first kappa shape index (κ1) is 23.7. The predicted molar refractivity (Wildman–Crippen MR) is 136 cm³/mol. The molecule has 0 radical (unpaired) electrons. The number of hydrogen-bond acceptors (Lipinski definition) is 5. The van der Waals surface area contributed by atoms with Crippen molar-refractivity contribution in [3.63, 3.8) is 0 Å². The number of anilines is 2. The maximum absolute atomic E-state index is 13.0. The third-order valence-electron chi connectivity index (χ3n) is 5.73. The molecule has 2 N–H and O–H groups in total. The van der Waals surface area contributed by atoms with Crippen molar-refractivity contribution in [2.24, 2.45) is 0 Å². The average molecular weight is 498 g/mol. The number of fused-ring (bicyclic) bond motifs is 1. The minimum absolute atomic E-state index is 0.00673. The molecule has 2 aromatic heterocycles. The second kappa shape index (κ2) is 10.2. The highest BCUT2D eigenvalue weighted by Crippen LogP contribution is 2.35. The SMILES string of the molecule is C=CC(=O)Nc1cc(C(=O)Nc2nc3cccc(Cl)c3n2C2CCCN(C(=O)C=C)CC2)cs1. The van der Waals surface area contributed by atoms with Crippen LogP contribution in [0.5, 0.6) is 0 Å². The lowest BCUT2D eigenvalue weighted by Gasteiger charge is -2.21. The van der Waals surface area contributed by atoms with Gasteiger partial charge < -0.3 is 14.8 Å². The van der Waals surface area contributed by atoms with Gasteiger partial charge in [0, 0.05) is 24.5 Å². The number of benzene rings is 1. The Labute approximate surface area is 205 Å². The molecule has 0 bridgehead atoms. The Balaban J connectivity index is 1.64. The van der Waals surface area contributed by atoms with Crippen molar-refractivity contribution in [2.75, 3.05) is 23.7 Å². The van der Waals surface area contributed by atoms with Gasteiger partial charge in [0.25, 0.3) is 5.91 Å². The summed E-state index contributed by atoms with van der Waals surface area (Å²) in [5, 5.41) is 8.32. The highest BCUT2D eigenvalue weighted by Gasteiger charge is 2.26. The molecule has 0 aliphatic carbocycles. The summed E-state index contributed by atoms with van der Waals surface area (Å²) in [5.74, 6) is -0.383. The van der Waals surface area contributed by atoms with Crippen LogP contribution in [0.25, 0.3) is 11.0 Å². The Morgan fingerprint density at radius 3 is 2.74 bits per heavy atom. The number of carbonyl (C=O) groups is 3. The Morgan fingerprint density at radius 2 is 1.97 bits per heavy atom. The van der Waals surface area contributed by atoms with Crippen molar-refractivity contribution in [1.82, 2.24) is 14.5 Å². The summed E-state index contributed by atoms with van der Waals surface area (Å²) >= 11 is 7.80. The van der Waals surface area contributed by atoms with Crippen molar-refractivity contribution in [3.05, 3.63) is 65.5 Å². The fourth-order valence-electron chi connectivity index (χ4n) is 4.10. The van der Waals surface area contributed by atoms with E-state index in [-0.39, 0.29) is 23.8 Å². The van der Waals surface area contributed by atoms with E-state index in [1.54, 1.807) is 22.4 Å². The lowest BCUT2D eigenvalue weighted by atomic mass is 10.1. The maximum Gasteiger partial charge on any atom is 0.258 e. The van der Waals surface area contributed by atoms with Gasteiger partial charge in [-0.25, -0.2) is 4.98 Å². The Bertz CT molecular complexity index is 1280. The number of para-hydroxylation sites is 1. The van der Waals surface area contributed by atoms with Crippen LogP contribution in [0.3, 0.4) is 0 Å². The number of rotatable bonds is 6. The van der Waals surface area contributed by atoms with Gasteiger partial charge in [-0.15, -0.1) is 11.3 Å². The molecule has 1 saturated heterocycles. The molecule has 0 spiro atoms. The van der Waals surface area contributed by atoms with Gasteiger partial charge in [-0.05, 0) is 49.6 Å². The van der Waals surface area contributed by atoms with Crippen LogP contribution >= 0.6 is 22.9 Å². The smallest absolute Gasteiger partial charge is 0.258 e. The molecule has 1 aliphatic rings. The van der Waals surface area contributed by atoms with E-state index in [0.29, 0.717) is 46.6 Å². The fraction of sp³-hybridized carbons (Fsp3) is 0.250. The van der Waals surface area contributed by atoms with Crippen molar-refractivity contribution in [2.45, 2.75) is 25.3 Å².